The van der Waals surface area contributed by atoms with Crippen molar-refractivity contribution in [1.29, 1.82) is 0 Å². The van der Waals surface area contributed by atoms with Gasteiger partial charge in [-0.05, 0) is 26.1 Å². The van der Waals surface area contributed by atoms with Gasteiger partial charge >= 0.3 is 0 Å². The average Bonchev–Trinajstić information content (AvgIpc) is 2.38. The topological polar surface area (TPSA) is 35.5 Å². The van der Waals surface area contributed by atoms with E-state index >= 15 is 0 Å². The number of likely N-dealkylation sites (N-methyl/N-ethyl adjacent to an activating group) is 1. The Labute approximate surface area is 111 Å². The molecule has 1 aromatic carbocycles. The van der Waals surface area contributed by atoms with E-state index in [0.717, 1.165) is 25.9 Å². The van der Waals surface area contributed by atoms with Crippen LogP contribution in [0.15, 0.2) is 30.3 Å². The zero-order valence-electron chi connectivity index (χ0n) is 11.8. The Morgan fingerprint density at radius 1 is 1.22 bits per heavy atom. The summed E-state index contributed by atoms with van der Waals surface area (Å²) < 4.78 is 0. The highest BCUT2D eigenvalue weighted by Gasteiger charge is 2.29. The molecule has 1 aromatic rings. The van der Waals surface area contributed by atoms with Gasteiger partial charge in [-0.1, -0.05) is 43.7 Å². The van der Waals surface area contributed by atoms with Gasteiger partial charge in [-0.25, -0.2) is 0 Å². The molecule has 3 nitrogen and oxygen atoms in total. The van der Waals surface area contributed by atoms with E-state index in [-0.39, 0.29) is 12.1 Å². The molecule has 1 rings (SSSR count). The van der Waals surface area contributed by atoms with E-state index in [9.17, 15) is 5.11 Å². The first-order chi connectivity index (χ1) is 8.64. The molecule has 0 aliphatic carbocycles. The first-order valence-corrected chi connectivity index (χ1v) is 6.71. The van der Waals surface area contributed by atoms with Crippen molar-refractivity contribution < 1.29 is 5.11 Å². The van der Waals surface area contributed by atoms with Crippen LogP contribution in [0, 0.1) is 0 Å². The van der Waals surface area contributed by atoms with E-state index in [1.54, 1.807) is 0 Å². The van der Waals surface area contributed by atoms with Crippen LogP contribution in [0.5, 0.6) is 0 Å². The second-order valence-corrected chi connectivity index (χ2v) is 5.09. The third-order valence-electron chi connectivity index (χ3n) is 3.30. The molecule has 2 N–H and O–H groups in total. The van der Waals surface area contributed by atoms with Crippen LogP contribution in [-0.4, -0.2) is 43.8 Å². The Morgan fingerprint density at radius 3 is 2.39 bits per heavy atom. The Morgan fingerprint density at radius 2 is 1.89 bits per heavy atom. The van der Waals surface area contributed by atoms with E-state index in [1.165, 1.54) is 5.56 Å². The highest BCUT2D eigenvalue weighted by molar-refractivity contribution is 5.24. The van der Waals surface area contributed by atoms with Gasteiger partial charge in [0.05, 0.1) is 12.1 Å². The molecule has 0 aliphatic heterocycles. The fourth-order valence-corrected chi connectivity index (χ4v) is 2.26. The zero-order chi connectivity index (χ0) is 13.4. The molecule has 0 amide bonds. The highest BCUT2D eigenvalue weighted by Crippen LogP contribution is 2.25. The summed E-state index contributed by atoms with van der Waals surface area (Å²) in [4.78, 5) is 2.14. The van der Waals surface area contributed by atoms with Gasteiger partial charge in [-0.15, -0.1) is 0 Å². The van der Waals surface area contributed by atoms with E-state index in [0.29, 0.717) is 0 Å². The maximum absolute atomic E-state index is 9.85. The van der Waals surface area contributed by atoms with Crippen LogP contribution in [-0.2, 0) is 5.54 Å². The van der Waals surface area contributed by atoms with Crippen molar-refractivity contribution in [3.8, 4) is 0 Å². The lowest BCUT2D eigenvalue weighted by Gasteiger charge is -2.34. The molecule has 0 saturated heterocycles. The summed E-state index contributed by atoms with van der Waals surface area (Å²) in [5.74, 6) is 0. The van der Waals surface area contributed by atoms with Gasteiger partial charge in [0.15, 0.2) is 0 Å². The van der Waals surface area contributed by atoms with Crippen molar-refractivity contribution in [3.63, 3.8) is 0 Å². The number of hydrogen-bond donors (Lipinski definition) is 2. The monoisotopic (exact) mass is 250 g/mol. The summed E-state index contributed by atoms with van der Waals surface area (Å²) in [5.41, 5.74) is 0.875. The van der Waals surface area contributed by atoms with Crippen LogP contribution in [0.2, 0.25) is 0 Å². The summed E-state index contributed by atoms with van der Waals surface area (Å²) in [5, 5.41) is 13.4. The number of benzene rings is 1. The van der Waals surface area contributed by atoms with Gasteiger partial charge in [0.2, 0.25) is 0 Å². The van der Waals surface area contributed by atoms with Crippen LogP contribution in [0.3, 0.4) is 0 Å². The molecule has 0 heterocycles. The molecule has 102 valence electrons. The molecule has 3 heteroatoms. The SMILES string of the molecule is CCCC(CO)(NCCN(C)C)c1ccccc1. The third kappa shape index (κ3) is 4.09. The van der Waals surface area contributed by atoms with E-state index in [2.05, 4.69) is 43.4 Å². The van der Waals surface area contributed by atoms with E-state index < -0.39 is 0 Å². The lowest BCUT2D eigenvalue weighted by atomic mass is 9.86. The Hall–Kier alpha value is -0.900. The van der Waals surface area contributed by atoms with E-state index in [1.807, 2.05) is 18.2 Å². The zero-order valence-corrected chi connectivity index (χ0v) is 11.8. The molecule has 0 bridgehead atoms. The van der Waals surface area contributed by atoms with Crippen molar-refractivity contribution in [2.24, 2.45) is 0 Å². The fraction of sp³-hybridized carbons (Fsp3) is 0.600. The molecular weight excluding hydrogens is 224 g/mol. The van der Waals surface area contributed by atoms with Crippen molar-refractivity contribution in [2.75, 3.05) is 33.8 Å². The lowest BCUT2D eigenvalue weighted by Crippen LogP contribution is -2.47. The average molecular weight is 250 g/mol. The van der Waals surface area contributed by atoms with Gasteiger partial charge in [0, 0.05) is 13.1 Å². The molecule has 0 spiro atoms. The van der Waals surface area contributed by atoms with Gasteiger partial charge in [0.1, 0.15) is 0 Å². The molecule has 0 saturated carbocycles. The highest BCUT2D eigenvalue weighted by atomic mass is 16.3. The van der Waals surface area contributed by atoms with Crippen molar-refractivity contribution in [2.45, 2.75) is 25.3 Å². The fourth-order valence-electron chi connectivity index (χ4n) is 2.26. The third-order valence-corrected chi connectivity index (χ3v) is 3.30. The summed E-state index contributed by atoms with van der Waals surface area (Å²) in [6.07, 6.45) is 1.99. The first-order valence-electron chi connectivity index (χ1n) is 6.71. The summed E-state index contributed by atoms with van der Waals surface area (Å²) >= 11 is 0. The molecule has 0 radical (unpaired) electrons. The molecule has 18 heavy (non-hydrogen) atoms. The second kappa shape index (κ2) is 7.52. The molecule has 0 aliphatic rings. The predicted octanol–water partition coefficient (Wildman–Crippen LogP) is 1.83. The Balaban J connectivity index is 2.80. The largest absolute Gasteiger partial charge is 0.394 e. The van der Waals surface area contributed by atoms with Crippen molar-refractivity contribution >= 4 is 0 Å². The molecule has 0 aromatic heterocycles. The summed E-state index contributed by atoms with van der Waals surface area (Å²) in [6.45, 7) is 4.14. The van der Waals surface area contributed by atoms with Crippen LogP contribution < -0.4 is 5.32 Å². The molecule has 1 unspecified atom stereocenters. The van der Waals surface area contributed by atoms with Gasteiger partial charge in [0.25, 0.3) is 0 Å². The number of aliphatic hydroxyl groups excluding tert-OH is 1. The van der Waals surface area contributed by atoms with Crippen LogP contribution >= 0.6 is 0 Å². The number of hydrogen-bond acceptors (Lipinski definition) is 3. The van der Waals surface area contributed by atoms with Crippen molar-refractivity contribution in [1.82, 2.24) is 10.2 Å². The van der Waals surface area contributed by atoms with Crippen LogP contribution in [0.25, 0.3) is 0 Å². The first kappa shape index (κ1) is 15.2. The van der Waals surface area contributed by atoms with Crippen LogP contribution in [0.4, 0.5) is 0 Å². The van der Waals surface area contributed by atoms with E-state index in [4.69, 9.17) is 0 Å². The minimum atomic E-state index is -0.300. The molecule has 1 atom stereocenters. The predicted molar refractivity (Wildman–Crippen MR) is 76.7 cm³/mol. The minimum absolute atomic E-state index is 0.137. The van der Waals surface area contributed by atoms with Crippen molar-refractivity contribution in [3.05, 3.63) is 35.9 Å². The second-order valence-electron chi connectivity index (χ2n) is 5.09. The Kier molecular flexibility index (Phi) is 6.33. The molecular formula is C15H26N2O. The summed E-state index contributed by atoms with van der Waals surface area (Å²) in [7, 11) is 4.12. The maximum atomic E-state index is 9.85. The van der Waals surface area contributed by atoms with Gasteiger partial charge in [-0.2, -0.15) is 0 Å². The Bertz CT molecular complexity index is 327. The summed E-state index contributed by atoms with van der Waals surface area (Å²) in [6, 6.07) is 10.3. The smallest absolute Gasteiger partial charge is 0.0669 e. The van der Waals surface area contributed by atoms with Crippen LogP contribution in [0.1, 0.15) is 25.3 Å². The number of nitrogens with zero attached hydrogens (tertiary/aromatic N) is 1. The normalized spacial score (nSPS) is 14.7. The quantitative estimate of drug-likeness (QED) is 0.739. The number of nitrogens with one attached hydrogen (secondary N) is 1. The standard InChI is InChI=1S/C15H26N2O/c1-4-10-15(13-18,16-11-12-17(2)3)14-8-6-5-7-9-14/h5-9,16,18H,4,10-13H2,1-3H3. The molecule has 0 fully saturated rings. The lowest BCUT2D eigenvalue weighted by molar-refractivity contribution is 0.147. The number of rotatable bonds is 8. The van der Waals surface area contributed by atoms with Gasteiger partial charge in [-0.3, -0.25) is 0 Å². The maximum Gasteiger partial charge on any atom is 0.0669 e. The van der Waals surface area contributed by atoms with Gasteiger partial charge < -0.3 is 15.3 Å². The minimum Gasteiger partial charge on any atom is -0.394 e. The number of aliphatic hydroxyl groups is 1.